The third-order valence-electron chi connectivity index (χ3n) is 6.47. The second kappa shape index (κ2) is 9.45. The standard InChI is InChI=1S/C25H35NO4Si/c1-25(2,3)31(5,6)30-15-14-21(20-12-13-22-23(16-20)29-18-28-22)17-26(4)24(27)19-10-8-7-9-11-19/h7-13,16,21H,14-15,17-18H2,1-6H3. The van der Waals surface area contributed by atoms with Crippen LogP contribution in [0.2, 0.25) is 18.1 Å². The molecular weight excluding hydrogens is 406 g/mol. The normalized spacial score (nSPS) is 14.4. The minimum absolute atomic E-state index is 0.0247. The fourth-order valence-corrected chi connectivity index (χ4v) is 4.48. The second-order valence-corrected chi connectivity index (χ2v) is 14.6. The van der Waals surface area contributed by atoms with Crippen LogP contribution in [0.5, 0.6) is 11.5 Å². The third-order valence-corrected chi connectivity index (χ3v) is 11.0. The van der Waals surface area contributed by atoms with Gasteiger partial charge in [0.2, 0.25) is 6.79 Å². The van der Waals surface area contributed by atoms with Gasteiger partial charge in [-0.15, -0.1) is 0 Å². The highest BCUT2D eigenvalue weighted by Crippen LogP contribution is 2.38. The lowest BCUT2D eigenvalue weighted by Gasteiger charge is -2.36. The van der Waals surface area contributed by atoms with E-state index in [4.69, 9.17) is 13.9 Å². The number of amides is 1. The number of hydrogen-bond acceptors (Lipinski definition) is 4. The summed E-state index contributed by atoms with van der Waals surface area (Å²) < 4.78 is 17.5. The summed E-state index contributed by atoms with van der Waals surface area (Å²) in [6.07, 6.45) is 0.832. The molecule has 31 heavy (non-hydrogen) atoms. The zero-order valence-electron chi connectivity index (χ0n) is 19.6. The Balaban J connectivity index is 1.75. The SMILES string of the molecule is CN(CC(CCO[Si](C)(C)C(C)(C)C)c1ccc2c(c1)OCO2)C(=O)c1ccccc1. The molecule has 0 N–H and O–H groups in total. The smallest absolute Gasteiger partial charge is 0.253 e. The molecular formula is C25H35NO4Si. The van der Waals surface area contributed by atoms with E-state index in [2.05, 4.69) is 39.9 Å². The molecule has 6 heteroatoms. The maximum absolute atomic E-state index is 12.9. The van der Waals surface area contributed by atoms with Gasteiger partial charge in [0.15, 0.2) is 19.8 Å². The molecule has 3 rings (SSSR count). The number of nitrogens with zero attached hydrogens (tertiary/aromatic N) is 1. The first-order chi connectivity index (χ1) is 14.6. The lowest BCUT2D eigenvalue weighted by Crippen LogP contribution is -2.41. The Morgan fingerprint density at radius 3 is 2.45 bits per heavy atom. The van der Waals surface area contributed by atoms with Crippen molar-refractivity contribution in [2.45, 2.75) is 51.2 Å². The third kappa shape index (κ3) is 5.69. The van der Waals surface area contributed by atoms with Gasteiger partial charge in [-0.3, -0.25) is 4.79 Å². The van der Waals surface area contributed by atoms with E-state index in [1.54, 1.807) is 4.90 Å². The number of fused-ring (bicyclic) bond motifs is 1. The zero-order chi connectivity index (χ0) is 22.6. The molecule has 1 unspecified atom stereocenters. The zero-order valence-corrected chi connectivity index (χ0v) is 20.6. The predicted octanol–water partition coefficient (Wildman–Crippen LogP) is 5.68. The van der Waals surface area contributed by atoms with Gasteiger partial charge in [0.1, 0.15) is 0 Å². The van der Waals surface area contributed by atoms with E-state index in [-0.39, 0.29) is 23.7 Å². The van der Waals surface area contributed by atoms with E-state index in [1.807, 2.05) is 49.5 Å². The fourth-order valence-electron chi connectivity index (χ4n) is 3.42. The summed E-state index contributed by atoms with van der Waals surface area (Å²) >= 11 is 0. The van der Waals surface area contributed by atoms with Crippen molar-refractivity contribution in [1.82, 2.24) is 4.90 Å². The predicted molar refractivity (Wildman–Crippen MR) is 126 cm³/mol. The van der Waals surface area contributed by atoms with E-state index >= 15 is 0 Å². The summed E-state index contributed by atoms with van der Waals surface area (Å²) in [7, 11) is 0.0360. The number of carbonyl (C=O) groups is 1. The van der Waals surface area contributed by atoms with Gasteiger partial charge in [-0.05, 0) is 54.4 Å². The average Bonchev–Trinajstić information content (AvgIpc) is 3.20. The summed E-state index contributed by atoms with van der Waals surface area (Å²) in [5.74, 6) is 1.70. The first kappa shape index (κ1) is 23.4. The molecule has 5 nitrogen and oxygen atoms in total. The number of ether oxygens (including phenoxy) is 2. The molecule has 0 saturated carbocycles. The minimum Gasteiger partial charge on any atom is -0.454 e. The highest BCUT2D eigenvalue weighted by atomic mass is 28.4. The van der Waals surface area contributed by atoms with Crippen molar-refractivity contribution >= 4 is 14.2 Å². The van der Waals surface area contributed by atoms with Crippen molar-refractivity contribution < 1.29 is 18.7 Å². The van der Waals surface area contributed by atoms with Crippen LogP contribution in [0.3, 0.4) is 0 Å². The molecule has 0 fully saturated rings. The van der Waals surface area contributed by atoms with Gasteiger partial charge in [-0.2, -0.15) is 0 Å². The summed E-state index contributed by atoms with van der Waals surface area (Å²) in [4.78, 5) is 14.7. The molecule has 1 heterocycles. The van der Waals surface area contributed by atoms with E-state index < -0.39 is 8.32 Å². The molecule has 0 bridgehead atoms. The van der Waals surface area contributed by atoms with Gasteiger partial charge >= 0.3 is 0 Å². The molecule has 2 aromatic carbocycles. The molecule has 1 aliphatic heterocycles. The van der Waals surface area contributed by atoms with Crippen LogP contribution in [0.4, 0.5) is 0 Å². The summed E-state index contributed by atoms with van der Waals surface area (Å²) in [6, 6.07) is 15.5. The topological polar surface area (TPSA) is 48.0 Å². The molecule has 1 aliphatic rings. The van der Waals surface area contributed by atoms with Crippen molar-refractivity contribution in [3.8, 4) is 11.5 Å². The fraction of sp³-hybridized carbons (Fsp3) is 0.480. The lowest BCUT2D eigenvalue weighted by atomic mass is 9.95. The number of hydrogen-bond donors (Lipinski definition) is 0. The van der Waals surface area contributed by atoms with Crippen molar-refractivity contribution in [2.75, 3.05) is 27.0 Å². The van der Waals surface area contributed by atoms with Crippen molar-refractivity contribution in [3.05, 3.63) is 59.7 Å². The van der Waals surface area contributed by atoms with Gasteiger partial charge in [0.25, 0.3) is 5.91 Å². The molecule has 0 saturated heterocycles. The van der Waals surface area contributed by atoms with Crippen LogP contribution in [-0.2, 0) is 4.43 Å². The van der Waals surface area contributed by atoms with Crippen molar-refractivity contribution in [3.63, 3.8) is 0 Å². The Bertz CT molecular complexity index is 892. The molecule has 0 radical (unpaired) electrons. The van der Waals surface area contributed by atoms with Gasteiger partial charge in [-0.1, -0.05) is 45.0 Å². The molecule has 168 valence electrons. The molecule has 0 aliphatic carbocycles. The second-order valence-electron chi connectivity index (χ2n) is 9.76. The summed E-state index contributed by atoms with van der Waals surface area (Å²) in [5.41, 5.74) is 1.84. The Morgan fingerprint density at radius 2 is 1.77 bits per heavy atom. The van der Waals surface area contributed by atoms with Crippen LogP contribution in [-0.4, -0.2) is 46.1 Å². The van der Waals surface area contributed by atoms with E-state index in [9.17, 15) is 4.79 Å². The Morgan fingerprint density at radius 1 is 1.10 bits per heavy atom. The van der Waals surface area contributed by atoms with Crippen LogP contribution >= 0.6 is 0 Å². The van der Waals surface area contributed by atoms with Gasteiger partial charge in [0.05, 0.1) is 0 Å². The Labute approximate surface area is 187 Å². The van der Waals surface area contributed by atoms with E-state index in [1.165, 1.54) is 0 Å². The van der Waals surface area contributed by atoms with Crippen molar-refractivity contribution in [1.29, 1.82) is 0 Å². The monoisotopic (exact) mass is 441 g/mol. The first-order valence-corrected chi connectivity index (χ1v) is 13.8. The molecule has 0 spiro atoms. The van der Waals surface area contributed by atoms with Gasteiger partial charge < -0.3 is 18.8 Å². The van der Waals surface area contributed by atoms with Crippen LogP contribution in [0.1, 0.15) is 49.0 Å². The Hall–Kier alpha value is -2.31. The molecule has 2 aromatic rings. The van der Waals surface area contributed by atoms with Crippen LogP contribution in [0.15, 0.2) is 48.5 Å². The van der Waals surface area contributed by atoms with Crippen LogP contribution in [0, 0.1) is 0 Å². The molecule has 1 amide bonds. The first-order valence-electron chi connectivity index (χ1n) is 10.9. The van der Waals surface area contributed by atoms with Crippen LogP contribution in [0.25, 0.3) is 0 Å². The summed E-state index contributed by atoms with van der Waals surface area (Å²) in [5, 5.41) is 0.168. The van der Waals surface area contributed by atoms with Gasteiger partial charge in [0, 0.05) is 31.7 Å². The number of benzene rings is 2. The van der Waals surface area contributed by atoms with Crippen LogP contribution < -0.4 is 9.47 Å². The van der Waals surface area contributed by atoms with Gasteiger partial charge in [-0.25, -0.2) is 0 Å². The quantitative estimate of drug-likeness (QED) is 0.494. The highest BCUT2D eigenvalue weighted by molar-refractivity contribution is 6.74. The molecule has 1 atom stereocenters. The number of carbonyl (C=O) groups excluding carboxylic acids is 1. The number of likely N-dealkylation sites (N-methyl/N-ethyl adjacent to an activating group) is 1. The maximum atomic E-state index is 12.9. The van der Waals surface area contributed by atoms with E-state index in [0.717, 1.165) is 23.5 Å². The lowest BCUT2D eigenvalue weighted by molar-refractivity contribution is 0.0781. The average molecular weight is 442 g/mol. The molecule has 0 aromatic heterocycles. The maximum Gasteiger partial charge on any atom is 0.253 e. The number of rotatable bonds is 8. The van der Waals surface area contributed by atoms with E-state index in [0.29, 0.717) is 18.7 Å². The largest absolute Gasteiger partial charge is 0.454 e. The minimum atomic E-state index is -1.83. The Kier molecular flexibility index (Phi) is 7.12. The highest BCUT2D eigenvalue weighted by Gasteiger charge is 2.37. The van der Waals surface area contributed by atoms with Crippen molar-refractivity contribution in [2.24, 2.45) is 0 Å². The summed E-state index contributed by atoms with van der Waals surface area (Å²) in [6.45, 7) is 12.8.